The number of rotatable bonds is 4. The van der Waals surface area contributed by atoms with Crippen molar-refractivity contribution >= 4 is 33.2 Å². The summed E-state index contributed by atoms with van der Waals surface area (Å²) in [5, 5.41) is 5.24. The maximum Gasteiger partial charge on any atom is 0.242 e. The predicted octanol–water partition coefficient (Wildman–Crippen LogP) is 1.73. The Balaban J connectivity index is 2.27. The van der Waals surface area contributed by atoms with Gasteiger partial charge in [0.05, 0.1) is 16.6 Å². The third-order valence-corrected chi connectivity index (χ3v) is 4.40. The number of nitrogens with zero attached hydrogens (tertiary/aromatic N) is 2. The van der Waals surface area contributed by atoms with Gasteiger partial charge in [-0.15, -0.1) is 0 Å². The molecule has 2 aromatic rings. The summed E-state index contributed by atoms with van der Waals surface area (Å²) in [7, 11) is -3.97. The summed E-state index contributed by atoms with van der Waals surface area (Å²) < 4.78 is 39.5. The van der Waals surface area contributed by atoms with E-state index < -0.39 is 25.8 Å². The van der Waals surface area contributed by atoms with E-state index in [0.29, 0.717) is 5.82 Å². The molecule has 0 atom stereocenters. The van der Waals surface area contributed by atoms with Crippen LogP contribution < -0.4 is 4.72 Å². The minimum absolute atomic E-state index is 0.122. The summed E-state index contributed by atoms with van der Waals surface area (Å²) in [6.45, 7) is -0.122. The molecule has 0 saturated carbocycles. The Morgan fingerprint density at radius 2 is 2.11 bits per heavy atom. The van der Waals surface area contributed by atoms with Gasteiger partial charge < -0.3 is 0 Å². The lowest BCUT2D eigenvalue weighted by Crippen LogP contribution is -2.24. The smallest absolute Gasteiger partial charge is 0.242 e. The first kappa shape index (κ1) is 14.2. The maximum atomic E-state index is 13.5. The van der Waals surface area contributed by atoms with Crippen LogP contribution in [0.15, 0.2) is 23.4 Å². The third-order valence-electron chi connectivity index (χ3n) is 2.18. The van der Waals surface area contributed by atoms with Crippen LogP contribution in [-0.2, 0) is 16.6 Å². The van der Waals surface area contributed by atoms with E-state index >= 15 is 0 Å². The van der Waals surface area contributed by atoms with Crippen molar-refractivity contribution in [2.45, 2.75) is 11.4 Å². The van der Waals surface area contributed by atoms with Crippen LogP contribution in [0.5, 0.6) is 0 Å². The Bertz CT molecular complexity index is 690. The first-order chi connectivity index (χ1) is 8.92. The van der Waals surface area contributed by atoms with Crippen molar-refractivity contribution in [3.05, 3.63) is 40.1 Å². The topological polar surface area (TPSA) is 87.7 Å². The highest BCUT2D eigenvalue weighted by atomic mass is 35.5. The number of benzene rings is 1. The largest absolute Gasteiger partial charge is 0.262 e. The normalized spacial score (nSPS) is 11.7. The van der Waals surface area contributed by atoms with Crippen LogP contribution in [0.3, 0.4) is 0 Å². The van der Waals surface area contributed by atoms with Crippen molar-refractivity contribution in [1.82, 2.24) is 19.9 Å². The zero-order valence-corrected chi connectivity index (χ0v) is 11.5. The second kappa shape index (κ2) is 5.41. The van der Waals surface area contributed by atoms with E-state index in [1.54, 1.807) is 0 Å². The van der Waals surface area contributed by atoms with Crippen molar-refractivity contribution in [2.75, 3.05) is 0 Å². The summed E-state index contributed by atoms with van der Waals surface area (Å²) in [6.07, 6.45) is 1.23. The number of nitrogens with one attached hydrogen (secondary N) is 2. The lowest BCUT2D eigenvalue weighted by molar-refractivity contribution is 0.576. The second-order valence-electron chi connectivity index (χ2n) is 3.43. The van der Waals surface area contributed by atoms with Gasteiger partial charge in [0.15, 0.2) is 5.82 Å². The third kappa shape index (κ3) is 3.03. The Morgan fingerprint density at radius 3 is 2.74 bits per heavy atom. The van der Waals surface area contributed by atoms with E-state index in [4.69, 9.17) is 23.2 Å². The van der Waals surface area contributed by atoms with Gasteiger partial charge in [-0.05, 0) is 12.1 Å². The van der Waals surface area contributed by atoms with Gasteiger partial charge in [-0.2, -0.15) is 5.10 Å². The van der Waals surface area contributed by atoms with Crippen LogP contribution in [0.1, 0.15) is 5.82 Å². The zero-order chi connectivity index (χ0) is 14.0. The van der Waals surface area contributed by atoms with Crippen LogP contribution in [0.25, 0.3) is 0 Å². The minimum Gasteiger partial charge on any atom is -0.262 e. The van der Waals surface area contributed by atoms with E-state index in [0.717, 1.165) is 12.1 Å². The average Bonchev–Trinajstić information content (AvgIpc) is 2.86. The molecule has 0 aliphatic heterocycles. The molecule has 102 valence electrons. The molecule has 0 unspecified atom stereocenters. The highest BCUT2D eigenvalue weighted by molar-refractivity contribution is 7.89. The molecule has 0 aliphatic carbocycles. The van der Waals surface area contributed by atoms with Crippen LogP contribution >= 0.6 is 23.2 Å². The Hall–Kier alpha value is -1.22. The van der Waals surface area contributed by atoms with Crippen molar-refractivity contribution in [3.8, 4) is 0 Å². The fourth-order valence-corrected chi connectivity index (χ4v) is 3.00. The maximum absolute atomic E-state index is 13.5. The number of H-pyrrole nitrogens is 1. The molecule has 1 aromatic carbocycles. The Labute approximate surface area is 118 Å². The van der Waals surface area contributed by atoms with Crippen molar-refractivity contribution < 1.29 is 12.8 Å². The second-order valence-corrected chi connectivity index (χ2v) is 5.95. The average molecular weight is 325 g/mol. The summed E-state index contributed by atoms with van der Waals surface area (Å²) >= 11 is 11.1. The molecule has 10 heteroatoms. The molecule has 2 rings (SSSR count). The van der Waals surface area contributed by atoms with Gasteiger partial charge in [0.25, 0.3) is 0 Å². The molecular formula is C9H7Cl2FN4O2S. The fraction of sp³-hybridized carbons (Fsp3) is 0.111. The molecule has 6 nitrogen and oxygen atoms in total. The number of hydrogen-bond donors (Lipinski definition) is 2. The lowest BCUT2D eigenvalue weighted by Gasteiger charge is -2.08. The van der Waals surface area contributed by atoms with Crippen LogP contribution in [0, 0.1) is 5.82 Å². The first-order valence-corrected chi connectivity index (χ1v) is 7.13. The molecule has 0 spiro atoms. The van der Waals surface area contributed by atoms with E-state index in [1.807, 2.05) is 0 Å². The molecule has 2 N–H and O–H groups in total. The molecule has 1 heterocycles. The zero-order valence-electron chi connectivity index (χ0n) is 9.19. The number of halogens is 3. The van der Waals surface area contributed by atoms with Crippen molar-refractivity contribution in [3.63, 3.8) is 0 Å². The molecule has 0 saturated heterocycles. The minimum atomic E-state index is -3.97. The summed E-state index contributed by atoms with van der Waals surface area (Å²) in [5.74, 6) is -0.667. The lowest BCUT2D eigenvalue weighted by atomic mass is 10.3. The molecular weight excluding hydrogens is 318 g/mol. The molecule has 0 amide bonds. The molecule has 1 aromatic heterocycles. The summed E-state index contributed by atoms with van der Waals surface area (Å²) in [4.78, 5) is 3.35. The summed E-state index contributed by atoms with van der Waals surface area (Å²) in [6, 6.07) is 2.24. The van der Waals surface area contributed by atoms with E-state index in [2.05, 4.69) is 19.9 Å². The molecule has 0 radical (unpaired) electrons. The molecule has 0 fully saturated rings. The van der Waals surface area contributed by atoms with Crippen molar-refractivity contribution in [2.24, 2.45) is 0 Å². The number of hydrogen-bond acceptors (Lipinski definition) is 4. The molecule has 19 heavy (non-hydrogen) atoms. The Morgan fingerprint density at radius 1 is 1.37 bits per heavy atom. The Kier molecular flexibility index (Phi) is 4.04. The van der Waals surface area contributed by atoms with Crippen LogP contribution in [0.4, 0.5) is 4.39 Å². The summed E-state index contributed by atoms with van der Waals surface area (Å²) in [5.41, 5.74) is 0. The quantitative estimate of drug-likeness (QED) is 0.838. The van der Waals surface area contributed by atoms with Gasteiger partial charge in [-0.3, -0.25) is 5.10 Å². The van der Waals surface area contributed by atoms with Gasteiger partial charge in [-0.25, -0.2) is 22.5 Å². The fourth-order valence-electron chi connectivity index (χ4n) is 1.27. The molecule has 0 bridgehead atoms. The highest BCUT2D eigenvalue weighted by Crippen LogP contribution is 2.29. The van der Waals surface area contributed by atoms with E-state index in [9.17, 15) is 12.8 Å². The van der Waals surface area contributed by atoms with Crippen molar-refractivity contribution in [1.29, 1.82) is 0 Å². The van der Waals surface area contributed by atoms with E-state index in [1.165, 1.54) is 6.33 Å². The molecule has 0 aliphatic rings. The highest BCUT2D eigenvalue weighted by Gasteiger charge is 2.21. The predicted molar refractivity (Wildman–Crippen MR) is 66.8 cm³/mol. The van der Waals surface area contributed by atoms with Gasteiger partial charge in [0.1, 0.15) is 17.0 Å². The van der Waals surface area contributed by atoms with Gasteiger partial charge in [-0.1, -0.05) is 23.2 Å². The first-order valence-electron chi connectivity index (χ1n) is 4.89. The van der Waals surface area contributed by atoms with Gasteiger partial charge >= 0.3 is 0 Å². The van der Waals surface area contributed by atoms with Crippen LogP contribution in [0.2, 0.25) is 10.0 Å². The number of aromatic amines is 1. The van der Waals surface area contributed by atoms with Gasteiger partial charge in [0, 0.05) is 0 Å². The van der Waals surface area contributed by atoms with Crippen LogP contribution in [-0.4, -0.2) is 23.6 Å². The SMILES string of the molecule is O=S(=O)(NCc1ncn[nH]1)c1ccc(Cl)c(F)c1Cl. The van der Waals surface area contributed by atoms with E-state index in [-0.39, 0.29) is 11.6 Å². The monoisotopic (exact) mass is 324 g/mol. The standard InChI is InChI=1S/C9H7Cl2FN4O2S/c10-5-1-2-6(8(11)9(5)12)19(17,18)15-3-7-13-4-14-16-7/h1-2,4,15H,3H2,(H,13,14,16). The van der Waals surface area contributed by atoms with Gasteiger partial charge in [0.2, 0.25) is 10.0 Å². The number of sulfonamides is 1. The number of aromatic nitrogens is 3.